The Bertz CT molecular complexity index is 771. The minimum absolute atomic E-state index is 0.00771. The molecule has 5 nitrogen and oxygen atoms in total. The maximum absolute atomic E-state index is 12.1. The van der Waals surface area contributed by atoms with Gasteiger partial charge in [-0.25, -0.2) is 8.42 Å². The quantitative estimate of drug-likeness (QED) is 0.666. The Hall–Kier alpha value is -1.60. The van der Waals surface area contributed by atoms with Gasteiger partial charge in [0.25, 0.3) is 0 Å². The lowest BCUT2D eigenvalue weighted by Gasteiger charge is -2.15. The number of halogens is 1. The van der Waals surface area contributed by atoms with Crippen LogP contribution in [0.3, 0.4) is 0 Å². The summed E-state index contributed by atoms with van der Waals surface area (Å²) in [5.74, 6) is -0.296. The number of furan rings is 1. The van der Waals surface area contributed by atoms with Crippen LogP contribution in [0.2, 0.25) is 0 Å². The van der Waals surface area contributed by atoms with Crippen LogP contribution in [-0.2, 0) is 27.6 Å². The predicted octanol–water partition coefficient (Wildman–Crippen LogP) is 3.05. The molecule has 0 aliphatic carbocycles. The van der Waals surface area contributed by atoms with Crippen molar-refractivity contribution in [2.45, 2.75) is 19.4 Å². The third-order valence-corrected chi connectivity index (χ3v) is 5.58. The van der Waals surface area contributed by atoms with Crippen molar-refractivity contribution in [1.29, 1.82) is 0 Å². The highest BCUT2D eigenvalue weighted by Gasteiger charge is 2.20. The molecule has 0 saturated carbocycles. The lowest BCUT2D eigenvalue weighted by atomic mass is 10.1. The van der Waals surface area contributed by atoms with Gasteiger partial charge in [0.1, 0.15) is 11.5 Å². The fraction of sp³-hybridized carbons (Fsp3) is 0.353. The van der Waals surface area contributed by atoms with Crippen molar-refractivity contribution in [3.8, 4) is 0 Å². The molecular formula is C17H20BrNO4S. The van der Waals surface area contributed by atoms with Crippen LogP contribution in [0.25, 0.3) is 0 Å². The molecule has 1 aromatic heterocycles. The van der Waals surface area contributed by atoms with Crippen molar-refractivity contribution in [2.75, 3.05) is 18.6 Å². The van der Waals surface area contributed by atoms with Crippen LogP contribution < -0.4 is 0 Å². The third-order valence-electron chi connectivity index (χ3n) is 3.55. The Balaban J connectivity index is 1.80. The fourth-order valence-corrected chi connectivity index (χ4v) is 3.94. The lowest BCUT2D eigenvalue weighted by Crippen LogP contribution is -2.32. The molecule has 0 radical (unpaired) electrons. The van der Waals surface area contributed by atoms with Crippen LogP contribution in [0.4, 0.5) is 0 Å². The van der Waals surface area contributed by atoms with E-state index in [9.17, 15) is 13.2 Å². The minimum Gasteiger partial charge on any atom is -0.452 e. The van der Waals surface area contributed by atoms with Gasteiger partial charge >= 0.3 is 0 Å². The molecule has 0 aliphatic heterocycles. The van der Waals surface area contributed by atoms with Crippen LogP contribution in [0.15, 0.2) is 51.6 Å². The summed E-state index contributed by atoms with van der Waals surface area (Å²) in [4.78, 5) is 13.5. The van der Waals surface area contributed by atoms with E-state index in [-0.39, 0.29) is 12.3 Å². The highest BCUT2D eigenvalue weighted by Crippen LogP contribution is 2.15. The summed E-state index contributed by atoms with van der Waals surface area (Å²) < 4.78 is 30.1. The Labute approximate surface area is 150 Å². The number of aryl methyl sites for hydroxylation is 1. The van der Waals surface area contributed by atoms with Gasteiger partial charge in [-0.2, -0.15) is 0 Å². The molecule has 24 heavy (non-hydrogen) atoms. The van der Waals surface area contributed by atoms with Crippen molar-refractivity contribution in [3.05, 3.63) is 58.5 Å². The van der Waals surface area contributed by atoms with Crippen LogP contribution in [0.1, 0.15) is 17.7 Å². The molecular weight excluding hydrogens is 394 g/mol. The summed E-state index contributed by atoms with van der Waals surface area (Å²) in [5.41, 5.74) is 1.10. The lowest BCUT2D eigenvalue weighted by molar-refractivity contribution is -0.127. The minimum atomic E-state index is -3.41. The van der Waals surface area contributed by atoms with Crippen molar-refractivity contribution < 1.29 is 17.6 Å². The molecule has 0 aliphatic rings. The van der Waals surface area contributed by atoms with Crippen LogP contribution in [0.5, 0.6) is 0 Å². The first kappa shape index (κ1) is 18.7. The first-order chi connectivity index (χ1) is 11.4. The van der Waals surface area contributed by atoms with Crippen molar-refractivity contribution in [2.24, 2.45) is 0 Å². The first-order valence-corrected chi connectivity index (χ1v) is 10.2. The highest BCUT2D eigenvalue weighted by molar-refractivity contribution is 9.10. The molecule has 0 unspecified atom stereocenters. The molecule has 0 N–H and O–H groups in total. The second kappa shape index (κ2) is 8.48. The third kappa shape index (κ3) is 6.13. The number of carbonyl (C=O) groups excluding carboxylic acids is 1. The van der Waals surface area contributed by atoms with E-state index in [2.05, 4.69) is 15.9 Å². The molecule has 2 aromatic rings. The van der Waals surface area contributed by atoms with Gasteiger partial charge in [-0.05, 0) is 46.5 Å². The predicted molar refractivity (Wildman–Crippen MR) is 96.3 cm³/mol. The van der Waals surface area contributed by atoms with E-state index in [1.54, 1.807) is 19.2 Å². The topological polar surface area (TPSA) is 67.6 Å². The second-order valence-corrected chi connectivity index (χ2v) is 8.60. The van der Waals surface area contributed by atoms with E-state index in [0.29, 0.717) is 23.3 Å². The van der Waals surface area contributed by atoms with E-state index in [1.165, 1.54) is 4.90 Å². The van der Waals surface area contributed by atoms with Gasteiger partial charge in [0.15, 0.2) is 14.5 Å². The molecule has 1 heterocycles. The zero-order valence-electron chi connectivity index (χ0n) is 13.4. The number of hydrogen-bond donors (Lipinski definition) is 0. The van der Waals surface area contributed by atoms with Gasteiger partial charge in [0, 0.05) is 7.05 Å². The summed E-state index contributed by atoms with van der Waals surface area (Å²) in [5, 5.41) is 0. The largest absolute Gasteiger partial charge is 0.452 e. The average molecular weight is 414 g/mol. The smallest absolute Gasteiger partial charge is 0.237 e. The second-order valence-electron chi connectivity index (χ2n) is 5.64. The molecule has 7 heteroatoms. The molecule has 0 bridgehead atoms. The Morgan fingerprint density at radius 1 is 1.17 bits per heavy atom. The number of carbonyl (C=O) groups is 1. The van der Waals surface area contributed by atoms with E-state index in [4.69, 9.17) is 4.42 Å². The number of rotatable bonds is 8. The molecule has 0 atom stereocenters. The molecule has 0 saturated heterocycles. The number of sulfone groups is 1. The van der Waals surface area contributed by atoms with Gasteiger partial charge in [-0.1, -0.05) is 30.3 Å². The van der Waals surface area contributed by atoms with Crippen LogP contribution in [0, 0.1) is 0 Å². The number of nitrogens with zero attached hydrogens (tertiary/aromatic N) is 1. The molecule has 1 aromatic carbocycles. The Kier molecular flexibility index (Phi) is 6.62. The normalized spacial score (nSPS) is 11.4. The van der Waals surface area contributed by atoms with Gasteiger partial charge < -0.3 is 9.32 Å². The van der Waals surface area contributed by atoms with Crippen molar-refractivity contribution in [3.63, 3.8) is 0 Å². The maximum atomic E-state index is 12.1. The Morgan fingerprint density at radius 2 is 1.88 bits per heavy atom. The van der Waals surface area contributed by atoms with Crippen LogP contribution in [-0.4, -0.2) is 37.8 Å². The average Bonchev–Trinajstić information content (AvgIpc) is 2.92. The van der Waals surface area contributed by atoms with Crippen molar-refractivity contribution >= 4 is 31.7 Å². The summed E-state index contributed by atoms with van der Waals surface area (Å²) in [6.07, 6.45) is 1.19. The number of amides is 1. The zero-order chi connectivity index (χ0) is 17.6. The highest BCUT2D eigenvalue weighted by atomic mass is 79.9. The first-order valence-electron chi connectivity index (χ1n) is 7.58. The molecule has 130 valence electrons. The zero-order valence-corrected chi connectivity index (χ0v) is 15.8. The summed E-state index contributed by atoms with van der Waals surface area (Å²) in [6.45, 7) is 0.240. The number of hydrogen-bond acceptors (Lipinski definition) is 4. The maximum Gasteiger partial charge on any atom is 0.237 e. The Morgan fingerprint density at radius 3 is 2.50 bits per heavy atom. The summed E-state index contributed by atoms with van der Waals surface area (Å²) in [6, 6.07) is 13.2. The fourth-order valence-electron chi connectivity index (χ4n) is 2.27. The van der Waals surface area contributed by atoms with E-state index in [0.717, 1.165) is 5.56 Å². The van der Waals surface area contributed by atoms with Crippen LogP contribution >= 0.6 is 15.9 Å². The van der Waals surface area contributed by atoms with E-state index >= 15 is 0 Å². The van der Waals surface area contributed by atoms with E-state index in [1.807, 2.05) is 30.3 Å². The van der Waals surface area contributed by atoms with Crippen molar-refractivity contribution in [1.82, 2.24) is 4.90 Å². The van der Waals surface area contributed by atoms with E-state index < -0.39 is 21.5 Å². The number of benzene rings is 1. The molecule has 2 rings (SSSR count). The molecule has 1 amide bonds. The van der Waals surface area contributed by atoms with Gasteiger partial charge in [-0.15, -0.1) is 0 Å². The monoisotopic (exact) mass is 413 g/mol. The van der Waals surface area contributed by atoms with Gasteiger partial charge in [-0.3, -0.25) is 4.79 Å². The van der Waals surface area contributed by atoms with Gasteiger partial charge in [0.2, 0.25) is 5.91 Å². The SMILES string of the molecule is CN(Cc1ccc(Br)o1)C(=O)CS(=O)(=O)CCCc1ccccc1. The molecule has 0 spiro atoms. The molecule has 0 fully saturated rings. The summed E-state index contributed by atoms with van der Waals surface area (Å²) >= 11 is 3.19. The van der Waals surface area contributed by atoms with Gasteiger partial charge in [0.05, 0.1) is 12.3 Å². The standard InChI is InChI=1S/C17H20BrNO4S/c1-19(12-15-9-10-16(18)23-15)17(20)13-24(21,22)11-5-8-14-6-3-2-4-7-14/h2-4,6-7,9-10H,5,8,11-13H2,1H3. The summed E-state index contributed by atoms with van der Waals surface area (Å²) in [7, 11) is -1.85.